The summed E-state index contributed by atoms with van der Waals surface area (Å²) < 4.78 is 0. The van der Waals surface area contributed by atoms with Crippen LogP contribution in [0.1, 0.15) is 12.8 Å². The molecule has 0 aromatic carbocycles. The molecule has 0 aliphatic carbocycles. The van der Waals surface area contributed by atoms with Crippen LogP contribution in [-0.4, -0.2) is 60.5 Å². The molecule has 4 heteroatoms. The van der Waals surface area contributed by atoms with E-state index in [4.69, 9.17) is 10.2 Å². The fraction of sp³-hybridized carbons (Fsp3) is 1.00. The molecule has 14 heavy (non-hydrogen) atoms. The van der Waals surface area contributed by atoms with Gasteiger partial charge in [-0.2, -0.15) is 0 Å². The normalized spacial score (nSPS) is 26.8. The number of aliphatic hydroxyl groups is 2. The zero-order chi connectivity index (χ0) is 10.0. The van der Waals surface area contributed by atoms with E-state index in [2.05, 4.69) is 10.2 Å². The average molecular weight is 200 g/mol. The number of hydrogen-bond acceptors (Lipinski definition) is 4. The summed E-state index contributed by atoms with van der Waals surface area (Å²) in [4.78, 5) is 2.21. The maximum atomic E-state index is 9.07. The second kappa shape index (κ2) is 4.14. The largest absolute Gasteiger partial charge is 0.395 e. The highest BCUT2D eigenvalue weighted by Gasteiger charge is 2.40. The lowest BCUT2D eigenvalue weighted by molar-refractivity contribution is 0.00271. The Kier molecular flexibility index (Phi) is 3.07. The van der Waals surface area contributed by atoms with Crippen molar-refractivity contribution >= 4 is 0 Å². The van der Waals surface area contributed by atoms with Crippen LogP contribution in [-0.2, 0) is 0 Å². The van der Waals surface area contributed by atoms with Gasteiger partial charge in [0.25, 0.3) is 0 Å². The Morgan fingerprint density at radius 3 is 2.07 bits per heavy atom. The molecule has 2 rings (SSSR count). The van der Waals surface area contributed by atoms with Gasteiger partial charge in [-0.1, -0.05) is 0 Å². The van der Waals surface area contributed by atoms with Crippen molar-refractivity contribution in [1.29, 1.82) is 0 Å². The van der Waals surface area contributed by atoms with Gasteiger partial charge in [0.05, 0.1) is 19.3 Å². The van der Waals surface area contributed by atoms with Gasteiger partial charge in [0.2, 0.25) is 0 Å². The Bertz CT molecular complexity index is 181. The van der Waals surface area contributed by atoms with E-state index in [0.717, 1.165) is 26.2 Å². The molecule has 82 valence electrons. The van der Waals surface area contributed by atoms with Crippen LogP contribution in [0.4, 0.5) is 0 Å². The summed E-state index contributed by atoms with van der Waals surface area (Å²) in [6.07, 6.45) is 2.41. The molecule has 2 aliphatic heterocycles. The van der Waals surface area contributed by atoms with Gasteiger partial charge < -0.3 is 15.5 Å². The fourth-order valence-electron chi connectivity index (χ4n) is 2.48. The SMILES string of the molecule is OCC(CO)N1CCC2(CC1)CNC2. The first-order valence-electron chi connectivity index (χ1n) is 5.46. The Hall–Kier alpha value is -0.160. The third-order valence-corrected chi connectivity index (χ3v) is 3.80. The lowest BCUT2D eigenvalue weighted by Crippen LogP contribution is -2.59. The third kappa shape index (κ3) is 1.80. The monoisotopic (exact) mass is 200 g/mol. The minimum absolute atomic E-state index is 0.0413. The van der Waals surface area contributed by atoms with E-state index in [0.29, 0.717) is 5.41 Å². The number of likely N-dealkylation sites (tertiary alicyclic amines) is 1. The molecule has 0 aromatic rings. The van der Waals surface area contributed by atoms with Crippen LogP contribution in [0.2, 0.25) is 0 Å². The molecule has 3 N–H and O–H groups in total. The molecule has 2 heterocycles. The number of rotatable bonds is 3. The molecule has 2 aliphatic rings. The molecule has 0 amide bonds. The van der Waals surface area contributed by atoms with E-state index >= 15 is 0 Å². The minimum Gasteiger partial charge on any atom is -0.395 e. The van der Waals surface area contributed by atoms with Gasteiger partial charge in [-0.3, -0.25) is 4.90 Å². The van der Waals surface area contributed by atoms with E-state index in [1.165, 1.54) is 12.8 Å². The molecule has 0 atom stereocenters. The van der Waals surface area contributed by atoms with E-state index in [9.17, 15) is 0 Å². The van der Waals surface area contributed by atoms with Crippen LogP contribution in [0.5, 0.6) is 0 Å². The van der Waals surface area contributed by atoms with Crippen molar-refractivity contribution in [2.75, 3.05) is 39.4 Å². The van der Waals surface area contributed by atoms with Gasteiger partial charge >= 0.3 is 0 Å². The summed E-state index contributed by atoms with van der Waals surface area (Å²) in [5.41, 5.74) is 0.548. The highest BCUT2D eigenvalue weighted by Crippen LogP contribution is 2.35. The predicted octanol–water partition coefficient (Wildman–Crippen LogP) is -0.975. The molecule has 0 aromatic heterocycles. The van der Waals surface area contributed by atoms with Gasteiger partial charge in [0.15, 0.2) is 0 Å². The van der Waals surface area contributed by atoms with Crippen LogP contribution in [0.25, 0.3) is 0 Å². The fourth-order valence-corrected chi connectivity index (χ4v) is 2.48. The number of nitrogens with zero attached hydrogens (tertiary/aromatic N) is 1. The van der Waals surface area contributed by atoms with Crippen molar-refractivity contribution in [3.8, 4) is 0 Å². The summed E-state index contributed by atoms with van der Waals surface area (Å²) in [5.74, 6) is 0. The van der Waals surface area contributed by atoms with E-state index < -0.39 is 0 Å². The number of nitrogens with one attached hydrogen (secondary N) is 1. The molecule has 0 saturated carbocycles. The zero-order valence-corrected chi connectivity index (χ0v) is 8.58. The standard InChI is InChI=1S/C10H20N2O2/c13-5-9(6-14)12-3-1-10(2-4-12)7-11-8-10/h9,11,13-14H,1-8H2. The van der Waals surface area contributed by atoms with Crippen molar-refractivity contribution in [2.45, 2.75) is 18.9 Å². The lowest BCUT2D eigenvalue weighted by atomic mass is 9.73. The molecule has 0 bridgehead atoms. The topological polar surface area (TPSA) is 55.7 Å². The molecule has 4 nitrogen and oxygen atoms in total. The second-order valence-electron chi connectivity index (χ2n) is 4.66. The maximum Gasteiger partial charge on any atom is 0.0609 e. The second-order valence-corrected chi connectivity index (χ2v) is 4.66. The lowest BCUT2D eigenvalue weighted by Gasteiger charge is -2.49. The molecule has 2 fully saturated rings. The molecule has 1 spiro atoms. The summed E-state index contributed by atoms with van der Waals surface area (Å²) in [7, 11) is 0. The van der Waals surface area contributed by atoms with Crippen LogP contribution in [0, 0.1) is 5.41 Å². The quantitative estimate of drug-likeness (QED) is 0.548. The van der Waals surface area contributed by atoms with Crippen LogP contribution in [0.3, 0.4) is 0 Å². The zero-order valence-electron chi connectivity index (χ0n) is 8.58. The third-order valence-electron chi connectivity index (χ3n) is 3.80. The molecule has 2 saturated heterocycles. The van der Waals surface area contributed by atoms with Crippen molar-refractivity contribution < 1.29 is 10.2 Å². The van der Waals surface area contributed by atoms with Gasteiger partial charge in [-0.05, 0) is 31.3 Å². The summed E-state index contributed by atoms with van der Waals surface area (Å²) >= 11 is 0. The Morgan fingerprint density at radius 2 is 1.71 bits per heavy atom. The molecular weight excluding hydrogens is 180 g/mol. The van der Waals surface area contributed by atoms with E-state index in [1.54, 1.807) is 0 Å². The van der Waals surface area contributed by atoms with Crippen LogP contribution in [0.15, 0.2) is 0 Å². The van der Waals surface area contributed by atoms with Gasteiger partial charge in [-0.15, -0.1) is 0 Å². The number of aliphatic hydroxyl groups excluding tert-OH is 2. The highest BCUT2D eigenvalue weighted by molar-refractivity contribution is 4.96. The highest BCUT2D eigenvalue weighted by atomic mass is 16.3. The first-order valence-corrected chi connectivity index (χ1v) is 5.46. The summed E-state index contributed by atoms with van der Waals surface area (Å²) in [5, 5.41) is 21.5. The summed E-state index contributed by atoms with van der Waals surface area (Å²) in [6, 6.07) is -0.0413. The molecule has 0 radical (unpaired) electrons. The van der Waals surface area contributed by atoms with E-state index in [1.807, 2.05) is 0 Å². The Morgan fingerprint density at radius 1 is 1.14 bits per heavy atom. The first kappa shape index (κ1) is 10.4. The Balaban J connectivity index is 1.82. The Labute approximate surface area is 84.9 Å². The maximum absolute atomic E-state index is 9.07. The first-order chi connectivity index (χ1) is 6.79. The van der Waals surface area contributed by atoms with Gasteiger partial charge in [-0.25, -0.2) is 0 Å². The number of piperidine rings is 1. The predicted molar refractivity (Wildman–Crippen MR) is 54.1 cm³/mol. The van der Waals surface area contributed by atoms with Crippen molar-refractivity contribution in [3.05, 3.63) is 0 Å². The average Bonchev–Trinajstić information content (AvgIpc) is 2.18. The van der Waals surface area contributed by atoms with Gasteiger partial charge in [0.1, 0.15) is 0 Å². The minimum atomic E-state index is -0.0413. The molecular formula is C10H20N2O2. The molecule has 0 unspecified atom stereocenters. The van der Waals surface area contributed by atoms with Gasteiger partial charge in [0, 0.05) is 13.1 Å². The van der Waals surface area contributed by atoms with E-state index in [-0.39, 0.29) is 19.3 Å². The van der Waals surface area contributed by atoms with Crippen molar-refractivity contribution in [2.24, 2.45) is 5.41 Å². The van der Waals surface area contributed by atoms with Crippen molar-refractivity contribution in [1.82, 2.24) is 10.2 Å². The van der Waals surface area contributed by atoms with Crippen molar-refractivity contribution in [3.63, 3.8) is 0 Å². The van der Waals surface area contributed by atoms with Crippen LogP contribution < -0.4 is 5.32 Å². The summed E-state index contributed by atoms with van der Waals surface area (Å²) in [6.45, 7) is 4.50. The number of hydrogen-bond donors (Lipinski definition) is 3. The van der Waals surface area contributed by atoms with Crippen LogP contribution >= 0.6 is 0 Å². The smallest absolute Gasteiger partial charge is 0.0609 e.